The minimum absolute atomic E-state index is 0.312. The number of aliphatic hydroxyl groups excluding tert-OH is 2. The molecule has 2 atom stereocenters. The van der Waals surface area contributed by atoms with Crippen molar-refractivity contribution >= 4 is 0 Å². The van der Waals surface area contributed by atoms with E-state index in [1.165, 1.54) is 0 Å². The molecule has 2 unspecified atom stereocenters. The van der Waals surface area contributed by atoms with Gasteiger partial charge in [0.15, 0.2) is 0 Å². The molecule has 1 fully saturated rings. The van der Waals surface area contributed by atoms with Gasteiger partial charge in [-0.05, 0) is 0 Å². The average Bonchev–Trinajstić information content (AvgIpc) is 2.31. The van der Waals surface area contributed by atoms with Crippen molar-refractivity contribution < 1.29 is 10.2 Å². The van der Waals surface area contributed by atoms with E-state index in [4.69, 9.17) is 11.5 Å². The zero-order valence-electron chi connectivity index (χ0n) is 9.76. The molecule has 0 radical (unpaired) electrons. The Morgan fingerprint density at radius 2 is 1.12 bits per heavy atom. The van der Waals surface area contributed by atoms with E-state index in [2.05, 4.69) is 9.80 Å². The van der Waals surface area contributed by atoms with Gasteiger partial charge in [-0.3, -0.25) is 9.80 Å². The normalized spacial score (nSPS) is 23.2. The van der Waals surface area contributed by atoms with Gasteiger partial charge in [-0.2, -0.15) is 0 Å². The molecular weight excluding hydrogens is 208 g/mol. The Morgan fingerprint density at radius 1 is 0.812 bits per heavy atom. The fourth-order valence-electron chi connectivity index (χ4n) is 1.90. The predicted octanol–water partition coefficient (Wildman–Crippen LogP) is -2.76. The van der Waals surface area contributed by atoms with E-state index >= 15 is 0 Å². The topological polar surface area (TPSA) is 99.0 Å². The van der Waals surface area contributed by atoms with Crippen molar-refractivity contribution in [2.75, 3.05) is 52.4 Å². The Balaban J connectivity index is 2.18. The van der Waals surface area contributed by atoms with Crippen molar-refractivity contribution in [1.82, 2.24) is 9.80 Å². The summed E-state index contributed by atoms with van der Waals surface area (Å²) in [4.78, 5) is 4.39. The molecular formula is C10H24N4O2. The van der Waals surface area contributed by atoms with E-state index in [-0.39, 0.29) is 0 Å². The van der Waals surface area contributed by atoms with Gasteiger partial charge in [0.05, 0.1) is 12.2 Å². The molecule has 0 aliphatic carbocycles. The Labute approximate surface area is 96.8 Å². The third kappa shape index (κ3) is 4.73. The molecule has 1 saturated heterocycles. The maximum absolute atomic E-state index is 9.42. The van der Waals surface area contributed by atoms with Crippen LogP contribution in [0.15, 0.2) is 0 Å². The van der Waals surface area contributed by atoms with Gasteiger partial charge in [-0.1, -0.05) is 0 Å². The highest BCUT2D eigenvalue weighted by Gasteiger charge is 2.19. The van der Waals surface area contributed by atoms with Gasteiger partial charge in [-0.15, -0.1) is 0 Å². The molecule has 1 aliphatic heterocycles. The smallest absolute Gasteiger partial charge is 0.0789 e. The third-order valence-electron chi connectivity index (χ3n) is 2.95. The van der Waals surface area contributed by atoms with Gasteiger partial charge in [0.1, 0.15) is 0 Å². The summed E-state index contributed by atoms with van der Waals surface area (Å²) < 4.78 is 0. The number of aliphatic hydroxyl groups is 2. The second-order valence-corrected chi connectivity index (χ2v) is 4.38. The molecule has 0 amide bonds. The highest BCUT2D eigenvalue weighted by atomic mass is 16.3. The van der Waals surface area contributed by atoms with Crippen LogP contribution in [-0.2, 0) is 0 Å². The highest BCUT2D eigenvalue weighted by Crippen LogP contribution is 2.03. The molecule has 1 heterocycles. The summed E-state index contributed by atoms with van der Waals surface area (Å²) in [6.07, 6.45) is -0.859. The number of nitrogens with zero attached hydrogens (tertiary/aromatic N) is 2. The summed E-state index contributed by atoms with van der Waals surface area (Å²) in [5, 5.41) is 18.8. The molecule has 6 nitrogen and oxygen atoms in total. The number of piperazine rings is 1. The summed E-state index contributed by atoms with van der Waals surface area (Å²) >= 11 is 0. The first-order chi connectivity index (χ1) is 7.65. The maximum atomic E-state index is 9.42. The zero-order valence-corrected chi connectivity index (χ0v) is 9.76. The summed E-state index contributed by atoms with van der Waals surface area (Å²) in [6.45, 7) is 5.55. The van der Waals surface area contributed by atoms with Crippen LogP contribution < -0.4 is 11.5 Å². The summed E-state index contributed by atoms with van der Waals surface area (Å²) in [6, 6.07) is 0. The summed E-state index contributed by atoms with van der Waals surface area (Å²) in [5.41, 5.74) is 10.7. The van der Waals surface area contributed by atoms with Gasteiger partial charge in [0.25, 0.3) is 0 Å². The highest BCUT2D eigenvalue weighted by molar-refractivity contribution is 4.76. The van der Waals surface area contributed by atoms with E-state index in [0.717, 1.165) is 26.2 Å². The molecule has 0 bridgehead atoms. The van der Waals surface area contributed by atoms with E-state index in [1.54, 1.807) is 0 Å². The Kier molecular flexibility index (Phi) is 6.18. The Hall–Kier alpha value is -0.240. The molecule has 96 valence electrons. The number of nitrogens with two attached hydrogens (primary N) is 2. The van der Waals surface area contributed by atoms with Crippen LogP contribution in [0.1, 0.15) is 0 Å². The molecule has 0 aromatic rings. The van der Waals surface area contributed by atoms with Crippen molar-refractivity contribution in [1.29, 1.82) is 0 Å². The lowest BCUT2D eigenvalue weighted by molar-refractivity contribution is 0.0529. The lowest BCUT2D eigenvalue weighted by Gasteiger charge is -2.36. The fraction of sp³-hybridized carbons (Fsp3) is 1.00. The molecule has 0 aromatic heterocycles. The van der Waals surface area contributed by atoms with Crippen LogP contribution in [0, 0.1) is 0 Å². The number of hydrogen-bond acceptors (Lipinski definition) is 6. The second-order valence-electron chi connectivity index (χ2n) is 4.38. The largest absolute Gasteiger partial charge is 0.390 e. The van der Waals surface area contributed by atoms with Gasteiger partial charge in [0.2, 0.25) is 0 Å². The molecule has 6 N–H and O–H groups in total. The fourth-order valence-corrected chi connectivity index (χ4v) is 1.90. The van der Waals surface area contributed by atoms with Crippen molar-refractivity contribution in [3.63, 3.8) is 0 Å². The van der Waals surface area contributed by atoms with Gasteiger partial charge in [-0.25, -0.2) is 0 Å². The van der Waals surface area contributed by atoms with Crippen LogP contribution in [-0.4, -0.2) is 84.6 Å². The van der Waals surface area contributed by atoms with E-state index in [1.807, 2.05) is 0 Å². The standard InChI is InChI=1S/C10H24N4O2/c11-5-9(15)7-13-1-2-14(4-3-13)8-10(16)6-12/h9-10,15-16H,1-8,11-12H2. The quantitative estimate of drug-likeness (QED) is 0.396. The maximum Gasteiger partial charge on any atom is 0.0789 e. The molecule has 1 rings (SSSR count). The van der Waals surface area contributed by atoms with Crippen LogP contribution in [0.4, 0.5) is 0 Å². The molecule has 0 aromatic carbocycles. The van der Waals surface area contributed by atoms with Crippen LogP contribution in [0.25, 0.3) is 0 Å². The van der Waals surface area contributed by atoms with Gasteiger partial charge < -0.3 is 21.7 Å². The van der Waals surface area contributed by atoms with Crippen LogP contribution in [0.5, 0.6) is 0 Å². The molecule has 0 saturated carbocycles. The first kappa shape index (κ1) is 13.8. The monoisotopic (exact) mass is 232 g/mol. The second kappa shape index (κ2) is 7.16. The Bertz CT molecular complexity index is 166. The molecule has 0 spiro atoms. The molecule has 1 aliphatic rings. The van der Waals surface area contributed by atoms with Gasteiger partial charge >= 0.3 is 0 Å². The van der Waals surface area contributed by atoms with E-state index < -0.39 is 12.2 Å². The Morgan fingerprint density at radius 3 is 1.38 bits per heavy atom. The third-order valence-corrected chi connectivity index (χ3v) is 2.95. The lowest BCUT2D eigenvalue weighted by Crippen LogP contribution is -2.51. The first-order valence-electron chi connectivity index (χ1n) is 5.86. The summed E-state index contributed by atoms with van der Waals surface area (Å²) in [5.74, 6) is 0. The average molecular weight is 232 g/mol. The van der Waals surface area contributed by atoms with Gasteiger partial charge in [0, 0.05) is 52.4 Å². The van der Waals surface area contributed by atoms with Crippen LogP contribution in [0.3, 0.4) is 0 Å². The first-order valence-corrected chi connectivity index (χ1v) is 5.86. The van der Waals surface area contributed by atoms with Crippen molar-refractivity contribution in [2.24, 2.45) is 11.5 Å². The minimum Gasteiger partial charge on any atom is -0.390 e. The van der Waals surface area contributed by atoms with Crippen LogP contribution >= 0.6 is 0 Å². The lowest BCUT2D eigenvalue weighted by atomic mass is 10.2. The predicted molar refractivity (Wildman–Crippen MR) is 63.0 cm³/mol. The minimum atomic E-state index is -0.429. The van der Waals surface area contributed by atoms with Crippen molar-refractivity contribution in [2.45, 2.75) is 12.2 Å². The van der Waals surface area contributed by atoms with E-state index in [9.17, 15) is 10.2 Å². The number of rotatable bonds is 6. The van der Waals surface area contributed by atoms with Crippen molar-refractivity contribution in [3.05, 3.63) is 0 Å². The number of β-amino-alcohol motifs (C(OH)–C–C–N with tert-alkyl or cyclic N) is 2. The zero-order chi connectivity index (χ0) is 12.0. The van der Waals surface area contributed by atoms with E-state index in [0.29, 0.717) is 26.2 Å². The molecule has 16 heavy (non-hydrogen) atoms. The summed E-state index contributed by atoms with van der Waals surface area (Å²) in [7, 11) is 0. The van der Waals surface area contributed by atoms with Crippen molar-refractivity contribution in [3.8, 4) is 0 Å². The number of hydrogen-bond donors (Lipinski definition) is 4. The molecule has 6 heteroatoms. The SMILES string of the molecule is NCC(O)CN1CCN(CC(O)CN)CC1. The van der Waals surface area contributed by atoms with Crippen LogP contribution in [0.2, 0.25) is 0 Å².